The van der Waals surface area contributed by atoms with E-state index < -0.39 is 0 Å². The molecule has 0 radical (unpaired) electrons. The fourth-order valence-corrected chi connectivity index (χ4v) is 4.58. The van der Waals surface area contributed by atoms with Crippen LogP contribution in [0.25, 0.3) is 56.7 Å². The molecule has 0 atom stereocenters. The lowest BCUT2D eigenvalue weighted by molar-refractivity contribution is 0.615. The van der Waals surface area contributed by atoms with Crippen LogP contribution in [0.1, 0.15) is 0 Å². The first-order valence-electron chi connectivity index (χ1n) is 12.2. The van der Waals surface area contributed by atoms with Gasteiger partial charge in [-0.05, 0) is 24.3 Å². The summed E-state index contributed by atoms with van der Waals surface area (Å²) >= 11 is 0. The van der Waals surface area contributed by atoms with Crippen LogP contribution in [0.4, 0.5) is 0 Å². The van der Waals surface area contributed by atoms with Crippen molar-refractivity contribution in [3.05, 3.63) is 71.1 Å². The Bertz CT molecular complexity index is 2140. The minimum Gasteiger partial charge on any atom is -0.435 e. The molecule has 2 aliphatic heterocycles. The van der Waals surface area contributed by atoms with Crippen molar-refractivity contribution >= 4 is 56.7 Å². The maximum Gasteiger partial charge on any atom is 0.227 e. The van der Waals surface area contributed by atoms with Gasteiger partial charge in [-0.1, -0.05) is 36.4 Å². The van der Waals surface area contributed by atoms with Crippen molar-refractivity contribution in [2.24, 2.45) is 20.0 Å². The standard InChI is InChI=1S/C30H10N10O2/c31-11-17-18(12-32)36-27(35-17)21-23-25(41-29(39-23)15-7-3-1-4-8-15)22(28-37-19(13-33)20(14-34)38-28)24-26(21)42-30(40-24)16-9-5-2-6-10-16/h1-10H. The van der Waals surface area contributed by atoms with Crippen molar-refractivity contribution in [3.8, 4) is 47.2 Å². The number of hydrogen-bond acceptors (Lipinski definition) is 12. The van der Waals surface area contributed by atoms with E-state index in [0.717, 1.165) is 0 Å². The van der Waals surface area contributed by atoms with E-state index in [1.54, 1.807) is 24.3 Å². The van der Waals surface area contributed by atoms with E-state index in [1.807, 2.05) is 60.7 Å². The number of hydrogen-bond donors (Lipinski definition) is 0. The van der Waals surface area contributed by atoms with E-state index in [-0.39, 0.29) is 78.9 Å². The number of benzene rings is 3. The minimum absolute atomic E-state index is 0.00664. The molecule has 192 valence electrons. The molecule has 0 spiro atoms. The van der Waals surface area contributed by atoms with Crippen LogP contribution < -0.4 is 10.4 Å². The highest BCUT2D eigenvalue weighted by Gasteiger charge is 2.27. The van der Waals surface area contributed by atoms with E-state index in [0.29, 0.717) is 11.1 Å². The first-order valence-corrected chi connectivity index (χ1v) is 12.2. The monoisotopic (exact) mass is 542 g/mol. The van der Waals surface area contributed by atoms with Crippen molar-refractivity contribution in [2.75, 3.05) is 0 Å². The third-order valence-corrected chi connectivity index (χ3v) is 6.41. The zero-order chi connectivity index (χ0) is 28.8. The molecule has 3 aromatic carbocycles. The second-order valence-corrected chi connectivity index (χ2v) is 8.81. The van der Waals surface area contributed by atoms with Gasteiger partial charge in [0.15, 0.2) is 45.7 Å². The van der Waals surface area contributed by atoms with Crippen LogP contribution in [0.2, 0.25) is 0 Å². The van der Waals surface area contributed by atoms with Gasteiger partial charge in [-0.2, -0.15) is 21.0 Å². The highest BCUT2D eigenvalue weighted by Crippen LogP contribution is 2.28. The summed E-state index contributed by atoms with van der Waals surface area (Å²) in [6, 6.07) is 25.8. The highest BCUT2D eigenvalue weighted by molar-refractivity contribution is 6.56. The van der Waals surface area contributed by atoms with Gasteiger partial charge in [0, 0.05) is 11.1 Å². The molecular weight excluding hydrogens is 532 g/mol. The fourth-order valence-electron chi connectivity index (χ4n) is 4.58. The molecule has 7 rings (SSSR count). The van der Waals surface area contributed by atoms with Crippen LogP contribution in [-0.2, 0) is 0 Å². The van der Waals surface area contributed by atoms with E-state index in [4.69, 9.17) is 18.8 Å². The van der Waals surface area contributed by atoms with Gasteiger partial charge in [-0.15, -0.1) is 0 Å². The summed E-state index contributed by atoms with van der Waals surface area (Å²) in [4.78, 5) is 26.7. The Balaban J connectivity index is 1.74. The third kappa shape index (κ3) is 3.59. The van der Waals surface area contributed by atoms with Crippen LogP contribution in [0.5, 0.6) is 0 Å². The summed E-state index contributed by atoms with van der Waals surface area (Å²) in [5.74, 6) is 0.465. The van der Waals surface area contributed by atoms with E-state index >= 15 is 0 Å². The number of rotatable bonds is 2. The van der Waals surface area contributed by atoms with Crippen LogP contribution in [-0.4, -0.2) is 32.8 Å². The molecule has 0 aliphatic carbocycles. The van der Waals surface area contributed by atoms with Crippen LogP contribution in [0.15, 0.2) is 89.5 Å². The lowest BCUT2D eigenvalue weighted by Crippen LogP contribution is -2.16. The Morgan fingerprint density at radius 2 is 0.810 bits per heavy atom. The summed E-state index contributed by atoms with van der Waals surface area (Å²) in [5, 5.41) is 38.7. The largest absolute Gasteiger partial charge is 0.435 e. The molecule has 0 bridgehead atoms. The Hall–Kier alpha value is -7.02. The second kappa shape index (κ2) is 9.32. The molecule has 12 heteroatoms. The molecule has 0 N–H and O–H groups in total. The maximum absolute atomic E-state index is 9.57. The second-order valence-electron chi connectivity index (χ2n) is 8.81. The molecule has 5 aromatic rings. The summed E-state index contributed by atoms with van der Waals surface area (Å²) in [7, 11) is 0. The van der Waals surface area contributed by atoms with Crippen LogP contribution in [0, 0.1) is 45.3 Å². The van der Waals surface area contributed by atoms with Gasteiger partial charge in [-0.3, -0.25) is 0 Å². The number of aliphatic imine (C=N–C) groups is 4. The van der Waals surface area contributed by atoms with Crippen LogP contribution >= 0.6 is 0 Å². The quantitative estimate of drug-likeness (QED) is 0.323. The number of nitriles is 4. The third-order valence-electron chi connectivity index (χ3n) is 6.41. The topological polar surface area (TPSA) is 197 Å². The lowest BCUT2D eigenvalue weighted by atomic mass is 10.1. The predicted molar refractivity (Wildman–Crippen MR) is 151 cm³/mol. The zero-order valence-corrected chi connectivity index (χ0v) is 21.1. The molecule has 0 amide bonds. The van der Waals surface area contributed by atoms with E-state index in [1.165, 1.54) is 0 Å². The Kier molecular flexibility index (Phi) is 5.34. The van der Waals surface area contributed by atoms with E-state index in [2.05, 4.69) is 20.0 Å². The van der Waals surface area contributed by atoms with Gasteiger partial charge in [0.2, 0.25) is 11.8 Å². The smallest absolute Gasteiger partial charge is 0.227 e. The summed E-state index contributed by atoms with van der Waals surface area (Å²) in [6.07, 6.45) is 0. The van der Waals surface area contributed by atoms with Gasteiger partial charge in [0.05, 0.1) is 10.4 Å². The molecule has 0 fully saturated rings. The van der Waals surface area contributed by atoms with Gasteiger partial charge >= 0.3 is 0 Å². The zero-order valence-electron chi connectivity index (χ0n) is 21.1. The van der Waals surface area contributed by atoms with Gasteiger partial charge < -0.3 is 8.83 Å². The minimum atomic E-state index is -0.163. The first kappa shape index (κ1) is 24.1. The van der Waals surface area contributed by atoms with Crippen molar-refractivity contribution in [3.63, 3.8) is 0 Å². The molecule has 0 unspecified atom stereocenters. The van der Waals surface area contributed by atoms with Gasteiger partial charge in [-0.25, -0.2) is 29.9 Å². The number of aromatic nitrogens is 2. The maximum atomic E-state index is 9.57. The normalized spacial score (nSPS) is 14.1. The molecule has 12 nitrogen and oxygen atoms in total. The Labute approximate surface area is 234 Å². The van der Waals surface area contributed by atoms with E-state index in [9.17, 15) is 21.0 Å². The molecule has 42 heavy (non-hydrogen) atoms. The summed E-state index contributed by atoms with van der Waals surface area (Å²) in [5.41, 5.74) is 1.40. The average Bonchev–Trinajstić information content (AvgIpc) is 3.84. The fraction of sp³-hybridized carbons (Fsp3) is 0. The Morgan fingerprint density at radius 3 is 1.12 bits per heavy atom. The molecule has 2 aromatic heterocycles. The van der Waals surface area contributed by atoms with Crippen molar-refractivity contribution < 1.29 is 8.83 Å². The van der Waals surface area contributed by atoms with Crippen molar-refractivity contribution in [1.29, 1.82) is 21.0 Å². The SMILES string of the molecule is N#CC1=NC(=c2c3nc(-c4ccccc4)oc3c(=C3N=C(C#N)C(C#N)=N3)c3nc(-c4ccccc4)oc23)N=C1C#N. The number of oxazole rings is 2. The van der Waals surface area contributed by atoms with Gasteiger partial charge in [0.1, 0.15) is 35.3 Å². The van der Waals surface area contributed by atoms with Crippen molar-refractivity contribution in [1.82, 2.24) is 9.97 Å². The molecule has 0 saturated heterocycles. The van der Waals surface area contributed by atoms with Crippen LogP contribution in [0.3, 0.4) is 0 Å². The number of fused-ring (bicyclic) bond motifs is 2. The number of nitrogens with zero attached hydrogens (tertiary/aromatic N) is 10. The highest BCUT2D eigenvalue weighted by atomic mass is 16.4. The molecule has 4 heterocycles. The summed E-state index contributed by atoms with van der Waals surface area (Å²) in [6.45, 7) is 0. The van der Waals surface area contributed by atoms with Gasteiger partial charge in [0.25, 0.3) is 0 Å². The van der Waals surface area contributed by atoms with Crippen molar-refractivity contribution in [2.45, 2.75) is 0 Å². The molecule has 0 saturated carbocycles. The molecule has 2 aliphatic rings. The Morgan fingerprint density at radius 1 is 0.476 bits per heavy atom. The average molecular weight is 542 g/mol. The predicted octanol–water partition coefficient (Wildman–Crippen LogP) is 3.32. The lowest BCUT2D eigenvalue weighted by Gasteiger charge is -1.97. The molecular formula is C30H10N10O2. The first-order chi connectivity index (χ1) is 20.6. The summed E-state index contributed by atoms with van der Waals surface area (Å²) < 4.78 is 12.6.